The Kier molecular flexibility index (Phi) is 23.6. The van der Waals surface area contributed by atoms with E-state index in [0.29, 0.717) is 40.1 Å². The average molecular weight is 797 g/mol. The number of thiol groups is 1. The maximum Gasteiger partial charge on any atom is 0.406 e. The van der Waals surface area contributed by atoms with Crippen LogP contribution in [0.4, 0.5) is 28.9 Å². The average Bonchev–Trinajstić information content (AvgIpc) is 3.36. The molecule has 0 unspecified atom stereocenters. The zero-order valence-corrected chi connectivity index (χ0v) is 35.1. The van der Waals surface area contributed by atoms with Crippen molar-refractivity contribution in [1.82, 2.24) is 9.47 Å². The largest absolute Gasteiger partial charge is 0.495 e. The van der Waals surface area contributed by atoms with E-state index < -0.39 is 24.3 Å². The number of esters is 1. The quantitative estimate of drug-likeness (QED) is 0.0683. The predicted octanol–water partition coefficient (Wildman–Crippen LogP) is 9.73. The number of aryl methyl sites for hydroxylation is 1. The molecule has 2 heterocycles. The van der Waals surface area contributed by atoms with E-state index >= 15 is 0 Å². The predicted molar refractivity (Wildman–Crippen MR) is 220 cm³/mol. The fraction of sp³-hybridized carbons (Fsp3) is 0.512. The number of nitrogens with one attached hydrogen (secondary N) is 1. The standard InChI is InChI=1S/C34H40F4N4O3.C3H8.C2H6.CH2O2.CH4S/c1-23-14-15-30(31(18-23)44-6)41(21-32(43)45-33(2,3)4)17-8-10-24-19-25-27(39-28-12-9-16-40(5)20-26(28)35)11-7-13-29(25)42(24)22-34(36,37)38;1-3-2;1-2;2-1-3;1-2/h7,11,13-15,18-19,39H,9,12,16-17,20-22H2,1-6H3;3H2,1-2H3;1-2H3;1H,(H,2,3);2H,1H3. The highest BCUT2D eigenvalue weighted by atomic mass is 32.1. The van der Waals surface area contributed by atoms with Crippen molar-refractivity contribution in [3.63, 3.8) is 0 Å². The molecule has 1 aromatic heterocycles. The maximum atomic E-state index is 14.9. The summed E-state index contributed by atoms with van der Waals surface area (Å²) in [6, 6.07) is 12.0. The van der Waals surface area contributed by atoms with Crippen LogP contribution in [0.15, 0.2) is 54.0 Å². The summed E-state index contributed by atoms with van der Waals surface area (Å²) in [6.07, 6.45) is -0.331. The van der Waals surface area contributed by atoms with Crippen molar-refractivity contribution < 1.29 is 41.7 Å². The first-order valence-electron chi connectivity index (χ1n) is 18.1. The summed E-state index contributed by atoms with van der Waals surface area (Å²) >= 11 is 3.53. The van der Waals surface area contributed by atoms with Crippen molar-refractivity contribution in [2.75, 3.05) is 56.8 Å². The third-order valence-electron chi connectivity index (χ3n) is 7.17. The van der Waals surface area contributed by atoms with Gasteiger partial charge in [0.1, 0.15) is 30.3 Å². The molecule has 3 aromatic rings. The van der Waals surface area contributed by atoms with Crippen molar-refractivity contribution >= 4 is 47.3 Å². The first-order chi connectivity index (χ1) is 26.0. The number of nitrogens with zero attached hydrogens (tertiary/aromatic N) is 3. The number of hydrogen-bond acceptors (Lipinski definition) is 8. The van der Waals surface area contributed by atoms with Crippen molar-refractivity contribution in [2.24, 2.45) is 0 Å². The van der Waals surface area contributed by atoms with E-state index in [1.54, 1.807) is 62.3 Å². The first kappa shape index (κ1) is 50.6. The number of aromatic nitrogens is 1. The first-order valence-corrected chi connectivity index (χ1v) is 19.0. The number of alkyl halides is 3. The van der Waals surface area contributed by atoms with Gasteiger partial charge in [0.25, 0.3) is 6.47 Å². The van der Waals surface area contributed by atoms with Crippen LogP contribution < -0.4 is 15.0 Å². The molecule has 9 nitrogen and oxygen atoms in total. The van der Waals surface area contributed by atoms with Crippen LogP contribution in [0.1, 0.15) is 79.0 Å². The molecule has 0 amide bonds. The van der Waals surface area contributed by atoms with Gasteiger partial charge in [0.2, 0.25) is 0 Å². The van der Waals surface area contributed by atoms with Crippen LogP contribution in [0.2, 0.25) is 0 Å². The lowest BCUT2D eigenvalue weighted by Crippen LogP contribution is -2.35. The second kappa shape index (κ2) is 25.7. The lowest BCUT2D eigenvalue weighted by molar-refractivity contribution is -0.153. The molecule has 14 heteroatoms. The highest BCUT2D eigenvalue weighted by molar-refractivity contribution is 7.79. The number of halogens is 4. The number of rotatable bonds is 8. The molecule has 0 spiro atoms. The molecule has 0 saturated heterocycles. The SMILES string of the molecule is CC.CCC.COc1cc(C)ccc1N(CC#Cc1cc2c(NC3=C(F)CN(C)CCC3)cccc2n1CC(F)(F)F)CC(=O)OC(C)(C)C.CS.O=CO. The molecule has 0 bridgehead atoms. The lowest BCUT2D eigenvalue weighted by atomic mass is 10.1. The number of carbonyl (C=O) groups excluding carboxylic acids is 1. The normalized spacial score (nSPS) is 12.7. The van der Waals surface area contributed by atoms with Gasteiger partial charge in [-0.05, 0) is 102 Å². The van der Waals surface area contributed by atoms with Gasteiger partial charge in [-0.25, -0.2) is 4.39 Å². The number of hydrogen-bond donors (Lipinski definition) is 3. The Morgan fingerprint density at radius 3 is 2.29 bits per heavy atom. The minimum absolute atomic E-state index is 0.00291. The van der Waals surface area contributed by atoms with Crippen LogP contribution in [0.25, 0.3) is 10.9 Å². The Morgan fingerprint density at radius 2 is 1.73 bits per heavy atom. The number of anilines is 2. The van der Waals surface area contributed by atoms with Crippen molar-refractivity contribution in [3.05, 3.63) is 65.2 Å². The molecule has 4 rings (SSSR count). The summed E-state index contributed by atoms with van der Waals surface area (Å²) in [4.78, 5) is 24.7. The van der Waals surface area contributed by atoms with Gasteiger partial charge in [0, 0.05) is 16.8 Å². The molecule has 1 aliphatic rings. The summed E-state index contributed by atoms with van der Waals surface area (Å²) in [7, 11) is 3.36. The third-order valence-corrected chi connectivity index (χ3v) is 7.17. The fourth-order valence-electron chi connectivity index (χ4n) is 5.24. The number of fused-ring (bicyclic) bond motifs is 1. The Labute approximate surface area is 330 Å². The Balaban J connectivity index is 0.00000265. The third kappa shape index (κ3) is 18.2. The number of likely N-dealkylation sites (N-methyl/N-ethyl adjacent to an activating group) is 1. The molecule has 0 aliphatic carbocycles. The second-order valence-corrected chi connectivity index (χ2v) is 13.1. The molecule has 1 aliphatic heterocycles. The van der Waals surface area contributed by atoms with Gasteiger partial charge in [-0.3, -0.25) is 14.5 Å². The van der Waals surface area contributed by atoms with Gasteiger partial charge in [-0.15, -0.1) is 0 Å². The number of benzene rings is 2. The summed E-state index contributed by atoms with van der Waals surface area (Å²) in [6.45, 7) is 14.7. The van der Waals surface area contributed by atoms with Crippen LogP contribution in [-0.2, 0) is 20.9 Å². The van der Waals surface area contributed by atoms with Gasteiger partial charge in [0.15, 0.2) is 0 Å². The highest BCUT2D eigenvalue weighted by Gasteiger charge is 2.30. The summed E-state index contributed by atoms with van der Waals surface area (Å²) in [5, 5.41) is 10.5. The van der Waals surface area contributed by atoms with Crippen molar-refractivity contribution in [1.29, 1.82) is 0 Å². The molecular weight excluding hydrogens is 737 g/mol. The van der Waals surface area contributed by atoms with Crippen LogP contribution >= 0.6 is 12.6 Å². The maximum absolute atomic E-state index is 14.9. The molecule has 2 N–H and O–H groups in total. The van der Waals surface area contributed by atoms with Crippen LogP contribution in [0.3, 0.4) is 0 Å². The second-order valence-electron chi connectivity index (χ2n) is 13.1. The van der Waals surface area contributed by atoms with E-state index in [1.165, 1.54) is 13.5 Å². The van der Waals surface area contributed by atoms with Crippen molar-refractivity contribution in [2.45, 2.75) is 93.0 Å². The number of ether oxygens (including phenoxy) is 2. The molecule has 0 fully saturated rings. The minimum atomic E-state index is -4.51. The van der Waals surface area contributed by atoms with Gasteiger partial charge in [-0.1, -0.05) is 52.2 Å². The topological polar surface area (TPSA) is 96.3 Å². The summed E-state index contributed by atoms with van der Waals surface area (Å²) in [5.41, 5.74) is 2.22. The molecular formula is C41H60F4N4O5S. The van der Waals surface area contributed by atoms with E-state index in [1.807, 2.05) is 44.9 Å². The molecule has 0 saturated carbocycles. The Morgan fingerprint density at radius 1 is 1.11 bits per heavy atom. The van der Waals surface area contributed by atoms with Crippen LogP contribution in [0.5, 0.6) is 5.75 Å². The summed E-state index contributed by atoms with van der Waals surface area (Å²) < 4.78 is 68.5. The molecule has 55 heavy (non-hydrogen) atoms. The van der Waals surface area contributed by atoms with Crippen molar-refractivity contribution in [3.8, 4) is 17.6 Å². The number of carbonyl (C=O) groups is 2. The van der Waals surface area contributed by atoms with Crippen LogP contribution in [-0.4, -0.2) is 85.4 Å². The Bertz CT molecular complexity index is 1710. The van der Waals surface area contributed by atoms with E-state index in [4.69, 9.17) is 19.4 Å². The highest BCUT2D eigenvalue weighted by Crippen LogP contribution is 2.33. The zero-order chi connectivity index (χ0) is 42.4. The monoisotopic (exact) mass is 796 g/mol. The summed E-state index contributed by atoms with van der Waals surface area (Å²) in [5.74, 6) is 5.62. The number of allylic oxidation sites excluding steroid dienone is 1. The van der Waals surface area contributed by atoms with E-state index in [0.717, 1.165) is 23.1 Å². The minimum Gasteiger partial charge on any atom is -0.495 e. The fourth-order valence-corrected chi connectivity index (χ4v) is 5.24. The lowest BCUT2D eigenvalue weighted by Gasteiger charge is -2.26. The number of methoxy groups -OCH3 is 1. The molecule has 2 aromatic carbocycles. The van der Waals surface area contributed by atoms with E-state index in [9.17, 15) is 22.4 Å². The number of carboxylic acid groups (broad SMARTS) is 1. The smallest absolute Gasteiger partial charge is 0.406 e. The van der Waals surface area contributed by atoms with Gasteiger partial charge in [-0.2, -0.15) is 25.8 Å². The van der Waals surface area contributed by atoms with E-state index in [2.05, 4.69) is 43.6 Å². The Hall–Kier alpha value is -4.35. The van der Waals surface area contributed by atoms with Gasteiger partial charge < -0.3 is 29.4 Å². The molecule has 0 atom stereocenters. The zero-order valence-electron chi connectivity index (χ0n) is 34.2. The van der Waals surface area contributed by atoms with Gasteiger partial charge in [0.05, 0.1) is 37.1 Å². The molecule has 308 valence electrons. The molecule has 0 radical (unpaired) electrons. The van der Waals surface area contributed by atoms with Crippen LogP contribution in [0, 0.1) is 18.8 Å². The van der Waals surface area contributed by atoms with E-state index in [-0.39, 0.29) is 37.6 Å². The van der Waals surface area contributed by atoms with Gasteiger partial charge >= 0.3 is 12.1 Å².